The Morgan fingerprint density at radius 2 is 2.00 bits per heavy atom. The number of aryl methyl sites for hydroxylation is 1. The zero-order valence-corrected chi connectivity index (χ0v) is 20.1. The molecule has 0 atom stereocenters. The molecule has 182 valence electrons. The van der Waals surface area contributed by atoms with Crippen LogP contribution in [0, 0.1) is 0 Å². The summed E-state index contributed by atoms with van der Waals surface area (Å²) < 4.78 is 7.27. The third-order valence-electron chi connectivity index (χ3n) is 6.55. The van der Waals surface area contributed by atoms with Gasteiger partial charge < -0.3 is 14.6 Å². The highest BCUT2D eigenvalue weighted by Gasteiger charge is 2.17. The summed E-state index contributed by atoms with van der Waals surface area (Å²) >= 11 is 0. The third kappa shape index (κ3) is 4.62. The molecule has 4 aromatic rings. The smallest absolute Gasteiger partial charge is 0.165 e. The standard InChI is InChI=1S/C27H27N7O2/c1-33-17-29-24-26(30-22-6-5-20-14-28-15-21(20)13-22)31-25(32-27(24)33)19-4-2-3-18(11-19)12-23(35)16-34-7-9-36-10-8-34/h2-6,11,13,15,17H,7-10,12,14,16H2,1H3,(H,30,31,32). The molecule has 0 radical (unpaired) electrons. The maximum Gasteiger partial charge on any atom is 0.165 e. The largest absolute Gasteiger partial charge is 0.379 e. The second-order valence-electron chi connectivity index (χ2n) is 9.24. The van der Waals surface area contributed by atoms with Gasteiger partial charge in [0.15, 0.2) is 28.6 Å². The lowest BCUT2D eigenvalue weighted by molar-refractivity contribution is -0.120. The van der Waals surface area contributed by atoms with Gasteiger partial charge in [-0.1, -0.05) is 24.3 Å². The minimum Gasteiger partial charge on any atom is -0.379 e. The Bertz CT molecular complexity index is 1470. The number of imidazole rings is 1. The summed E-state index contributed by atoms with van der Waals surface area (Å²) in [6.45, 7) is 4.15. The summed E-state index contributed by atoms with van der Waals surface area (Å²) in [6, 6.07) is 14.1. The summed E-state index contributed by atoms with van der Waals surface area (Å²) in [5, 5.41) is 3.43. The van der Waals surface area contributed by atoms with Gasteiger partial charge in [-0.3, -0.25) is 14.7 Å². The van der Waals surface area contributed by atoms with E-state index in [9.17, 15) is 4.79 Å². The number of hydrogen-bond acceptors (Lipinski definition) is 8. The van der Waals surface area contributed by atoms with Gasteiger partial charge in [-0.15, -0.1) is 0 Å². The van der Waals surface area contributed by atoms with E-state index >= 15 is 0 Å². The van der Waals surface area contributed by atoms with Gasteiger partial charge >= 0.3 is 0 Å². The molecule has 1 N–H and O–H groups in total. The quantitative estimate of drug-likeness (QED) is 0.433. The number of aromatic nitrogens is 4. The second-order valence-corrected chi connectivity index (χ2v) is 9.24. The van der Waals surface area contributed by atoms with E-state index < -0.39 is 0 Å². The van der Waals surface area contributed by atoms with Gasteiger partial charge in [-0.2, -0.15) is 0 Å². The van der Waals surface area contributed by atoms with E-state index in [2.05, 4.69) is 32.3 Å². The van der Waals surface area contributed by atoms with Crippen molar-refractivity contribution in [1.29, 1.82) is 0 Å². The highest BCUT2D eigenvalue weighted by atomic mass is 16.5. The minimum atomic E-state index is 0.194. The molecule has 2 aliphatic heterocycles. The molecule has 6 rings (SSSR count). The van der Waals surface area contributed by atoms with E-state index in [1.165, 1.54) is 5.56 Å². The van der Waals surface area contributed by atoms with Gasteiger partial charge in [0.1, 0.15) is 0 Å². The summed E-state index contributed by atoms with van der Waals surface area (Å²) in [5.74, 6) is 1.41. The first kappa shape index (κ1) is 22.5. The van der Waals surface area contributed by atoms with Crippen LogP contribution in [0.5, 0.6) is 0 Å². The van der Waals surface area contributed by atoms with E-state index in [0.717, 1.165) is 47.7 Å². The molecular weight excluding hydrogens is 454 g/mol. The fourth-order valence-electron chi connectivity index (χ4n) is 4.65. The molecule has 9 nitrogen and oxygen atoms in total. The first-order valence-corrected chi connectivity index (χ1v) is 12.1. The van der Waals surface area contributed by atoms with E-state index in [-0.39, 0.29) is 5.78 Å². The number of rotatable bonds is 7. The molecule has 0 saturated carbocycles. The Morgan fingerprint density at radius 3 is 2.89 bits per heavy atom. The van der Waals surface area contributed by atoms with Crippen molar-refractivity contribution in [3.05, 3.63) is 65.5 Å². The highest BCUT2D eigenvalue weighted by molar-refractivity contribution is 5.90. The number of ketones is 1. The van der Waals surface area contributed by atoms with Crippen molar-refractivity contribution in [1.82, 2.24) is 24.4 Å². The molecule has 1 saturated heterocycles. The fourth-order valence-corrected chi connectivity index (χ4v) is 4.65. The average Bonchev–Trinajstić information content (AvgIpc) is 3.51. The highest BCUT2D eigenvalue weighted by Crippen LogP contribution is 2.28. The van der Waals surface area contributed by atoms with Gasteiger partial charge in [0, 0.05) is 44.0 Å². The van der Waals surface area contributed by atoms with Crippen LogP contribution in [0.2, 0.25) is 0 Å². The van der Waals surface area contributed by atoms with Crippen LogP contribution in [0.15, 0.2) is 53.8 Å². The van der Waals surface area contributed by atoms with Gasteiger partial charge in [-0.25, -0.2) is 15.0 Å². The predicted octanol–water partition coefficient (Wildman–Crippen LogP) is 3.15. The number of benzene rings is 2. The number of carbonyl (C=O) groups excluding carboxylic acids is 1. The lowest BCUT2D eigenvalue weighted by Crippen LogP contribution is -2.39. The topological polar surface area (TPSA) is 97.5 Å². The van der Waals surface area contributed by atoms with Gasteiger partial charge in [0.25, 0.3) is 0 Å². The normalized spacial score (nSPS) is 15.4. The molecule has 0 aliphatic carbocycles. The molecule has 0 bridgehead atoms. The second kappa shape index (κ2) is 9.60. The Labute approximate surface area is 208 Å². The summed E-state index contributed by atoms with van der Waals surface area (Å²) in [4.78, 5) is 33.4. The molecule has 0 spiro atoms. The molecule has 9 heteroatoms. The van der Waals surface area contributed by atoms with Crippen LogP contribution in [0.25, 0.3) is 22.6 Å². The number of nitrogens with one attached hydrogen (secondary N) is 1. The summed E-state index contributed by atoms with van der Waals surface area (Å²) in [7, 11) is 1.92. The Morgan fingerprint density at radius 1 is 1.11 bits per heavy atom. The van der Waals surface area contributed by atoms with Crippen molar-refractivity contribution in [2.45, 2.75) is 13.0 Å². The number of hydrogen-bond donors (Lipinski definition) is 1. The van der Waals surface area contributed by atoms with Crippen molar-refractivity contribution in [3.8, 4) is 11.4 Å². The first-order chi connectivity index (χ1) is 17.6. The molecule has 36 heavy (non-hydrogen) atoms. The predicted molar refractivity (Wildman–Crippen MR) is 139 cm³/mol. The van der Waals surface area contributed by atoms with Crippen LogP contribution in [0.1, 0.15) is 16.7 Å². The van der Waals surface area contributed by atoms with E-state index in [1.807, 2.05) is 48.2 Å². The van der Waals surface area contributed by atoms with Gasteiger partial charge in [0.05, 0.1) is 32.6 Å². The molecule has 4 heterocycles. The monoisotopic (exact) mass is 481 g/mol. The molecule has 0 unspecified atom stereocenters. The van der Waals surface area contributed by atoms with Crippen LogP contribution in [-0.4, -0.2) is 69.3 Å². The molecular formula is C27H27N7O2. The molecule has 2 aromatic carbocycles. The lowest BCUT2D eigenvalue weighted by atomic mass is 10.0. The van der Waals surface area contributed by atoms with Crippen molar-refractivity contribution >= 4 is 34.7 Å². The Hall–Kier alpha value is -3.95. The van der Waals surface area contributed by atoms with Crippen molar-refractivity contribution in [2.75, 3.05) is 38.2 Å². The number of morpholine rings is 1. The zero-order chi connectivity index (χ0) is 24.5. The van der Waals surface area contributed by atoms with Crippen LogP contribution in [0.3, 0.4) is 0 Å². The number of fused-ring (bicyclic) bond motifs is 2. The molecule has 1 fully saturated rings. The van der Waals surface area contributed by atoms with E-state index in [0.29, 0.717) is 43.3 Å². The van der Waals surface area contributed by atoms with Crippen molar-refractivity contribution < 1.29 is 9.53 Å². The number of nitrogens with zero attached hydrogens (tertiary/aromatic N) is 6. The van der Waals surface area contributed by atoms with Crippen LogP contribution >= 0.6 is 0 Å². The maximum atomic E-state index is 12.7. The summed E-state index contributed by atoms with van der Waals surface area (Å²) in [6.07, 6.45) is 4.01. The maximum absolute atomic E-state index is 12.7. The molecule has 0 amide bonds. The lowest BCUT2D eigenvalue weighted by Gasteiger charge is -2.25. The minimum absolute atomic E-state index is 0.194. The number of carbonyl (C=O) groups is 1. The molecule has 2 aromatic heterocycles. The van der Waals surface area contributed by atoms with Gasteiger partial charge in [-0.05, 0) is 34.9 Å². The summed E-state index contributed by atoms with van der Waals surface area (Å²) in [5.41, 5.74) is 6.49. The molecule has 2 aliphatic rings. The van der Waals surface area contributed by atoms with Crippen LogP contribution in [0.4, 0.5) is 11.5 Å². The van der Waals surface area contributed by atoms with Crippen molar-refractivity contribution in [3.63, 3.8) is 0 Å². The van der Waals surface area contributed by atoms with Crippen LogP contribution in [-0.2, 0) is 29.5 Å². The average molecular weight is 482 g/mol. The SMILES string of the molecule is Cn1cnc2c(Nc3ccc4c(c3)C=NC4)nc(-c3cccc(CC(=O)CN4CCOCC4)c3)nc21. The first-order valence-electron chi connectivity index (χ1n) is 12.1. The number of ether oxygens (including phenoxy) is 1. The third-order valence-corrected chi connectivity index (χ3v) is 6.55. The van der Waals surface area contributed by atoms with Gasteiger partial charge in [0.2, 0.25) is 0 Å². The van der Waals surface area contributed by atoms with E-state index in [1.54, 1.807) is 6.33 Å². The Balaban J connectivity index is 1.28. The number of anilines is 2. The van der Waals surface area contributed by atoms with E-state index in [4.69, 9.17) is 14.7 Å². The number of aliphatic imine (C=N–C) groups is 1. The van der Waals surface area contributed by atoms with Crippen LogP contribution < -0.4 is 5.32 Å². The zero-order valence-electron chi connectivity index (χ0n) is 20.1. The fraction of sp³-hybridized carbons (Fsp3) is 0.296. The van der Waals surface area contributed by atoms with Crippen molar-refractivity contribution in [2.24, 2.45) is 12.0 Å². The number of Topliss-reactive ketones (excluding diaryl/α,β-unsaturated/α-hetero) is 1. The Kier molecular flexibility index (Phi) is 6.00.